The van der Waals surface area contributed by atoms with Gasteiger partial charge >= 0.3 is 5.97 Å². The summed E-state index contributed by atoms with van der Waals surface area (Å²) in [6.45, 7) is 0. The second-order valence-corrected chi connectivity index (χ2v) is 8.34. The number of methoxy groups -OCH3 is 1. The van der Waals surface area contributed by atoms with Crippen LogP contribution in [0, 0.1) is 0 Å². The van der Waals surface area contributed by atoms with Gasteiger partial charge in [-0.2, -0.15) is 0 Å². The number of aromatic hydroxyl groups is 4. The maximum Gasteiger partial charge on any atom is 0.312 e. The number of fused-ring (bicyclic) bond motifs is 3. The third-order valence-electron chi connectivity index (χ3n) is 6.25. The normalized spacial score (nSPS) is 21.1. The van der Waals surface area contributed by atoms with Crippen LogP contribution in [0.25, 0.3) is 0 Å². The summed E-state index contributed by atoms with van der Waals surface area (Å²) in [5.74, 6) is -1.31. The van der Waals surface area contributed by atoms with Crippen molar-refractivity contribution in [3.8, 4) is 40.2 Å². The average molecular weight is 466 g/mol. The van der Waals surface area contributed by atoms with Gasteiger partial charge in [-0.1, -0.05) is 12.1 Å². The van der Waals surface area contributed by atoms with E-state index >= 15 is 0 Å². The van der Waals surface area contributed by atoms with Crippen LogP contribution in [0.5, 0.6) is 40.2 Å². The Morgan fingerprint density at radius 3 is 2.35 bits per heavy atom. The molecule has 0 bridgehead atoms. The highest BCUT2D eigenvalue weighted by Crippen LogP contribution is 2.53. The maximum atomic E-state index is 12.4. The second-order valence-electron chi connectivity index (χ2n) is 8.34. The SMILES string of the molecule is COc1cc([C@H]2CC(=O)Oc3cc(O)c4c(c32)O[C@H](c2ccc(O)c(O)c2)[C@H](O)C4)ccc1O. The highest BCUT2D eigenvalue weighted by atomic mass is 16.5. The van der Waals surface area contributed by atoms with Crippen LogP contribution in [0.1, 0.15) is 40.7 Å². The molecule has 2 aliphatic heterocycles. The molecule has 0 fully saturated rings. The Labute approximate surface area is 194 Å². The van der Waals surface area contributed by atoms with E-state index in [1.54, 1.807) is 12.1 Å². The minimum absolute atomic E-state index is 0.0191. The topological polar surface area (TPSA) is 146 Å². The molecule has 3 atom stereocenters. The lowest BCUT2D eigenvalue weighted by atomic mass is 9.82. The van der Waals surface area contributed by atoms with E-state index in [1.807, 2.05) is 0 Å². The van der Waals surface area contributed by atoms with E-state index in [0.717, 1.165) is 0 Å². The molecule has 0 saturated carbocycles. The molecule has 2 heterocycles. The Bertz CT molecular complexity index is 1300. The van der Waals surface area contributed by atoms with Gasteiger partial charge in [-0.15, -0.1) is 0 Å². The summed E-state index contributed by atoms with van der Waals surface area (Å²) in [4.78, 5) is 12.4. The van der Waals surface area contributed by atoms with Crippen LogP contribution in [-0.2, 0) is 11.2 Å². The summed E-state index contributed by atoms with van der Waals surface area (Å²) >= 11 is 0. The molecule has 9 nitrogen and oxygen atoms in total. The first-order valence-corrected chi connectivity index (χ1v) is 10.6. The molecule has 0 unspecified atom stereocenters. The van der Waals surface area contributed by atoms with Gasteiger partial charge < -0.3 is 39.7 Å². The zero-order chi connectivity index (χ0) is 24.1. The van der Waals surface area contributed by atoms with Crippen molar-refractivity contribution in [2.45, 2.75) is 31.0 Å². The highest BCUT2D eigenvalue weighted by molar-refractivity contribution is 5.80. The number of aliphatic hydroxyl groups excluding tert-OH is 1. The molecule has 5 rings (SSSR count). The fourth-order valence-electron chi connectivity index (χ4n) is 4.58. The Kier molecular flexibility index (Phi) is 5.13. The van der Waals surface area contributed by atoms with Crippen molar-refractivity contribution >= 4 is 5.97 Å². The minimum atomic E-state index is -1.06. The molecule has 0 aromatic heterocycles. The van der Waals surface area contributed by atoms with E-state index in [1.165, 1.54) is 37.4 Å². The molecule has 0 saturated heterocycles. The molecule has 0 radical (unpaired) electrons. The number of carbonyl (C=O) groups excluding carboxylic acids is 1. The maximum absolute atomic E-state index is 12.4. The average Bonchev–Trinajstić information content (AvgIpc) is 2.80. The number of phenolic OH excluding ortho intramolecular Hbond substituents is 4. The fraction of sp³-hybridized carbons (Fsp3) is 0.240. The monoisotopic (exact) mass is 466 g/mol. The zero-order valence-corrected chi connectivity index (χ0v) is 18.1. The van der Waals surface area contributed by atoms with E-state index in [9.17, 15) is 30.3 Å². The number of phenols is 4. The van der Waals surface area contributed by atoms with Crippen molar-refractivity contribution in [2.24, 2.45) is 0 Å². The summed E-state index contributed by atoms with van der Waals surface area (Å²) in [6.07, 6.45) is -1.95. The van der Waals surface area contributed by atoms with Gasteiger partial charge in [0, 0.05) is 29.5 Å². The number of hydrogen-bond donors (Lipinski definition) is 5. The largest absolute Gasteiger partial charge is 0.507 e. The van der Waals surface area contributed by atoms with Crippen LogP contribution in [0.15, 0.2) is 42.5 Å². The van der Waals surface area contributed by atoms with Gasteiger partial charge in [0.1, 0.15) is 23.4 Å². The van der Waals surface area contributed by atoms with Gasteiger partial charge in [0.25, 0.3) is 0 Å². The molecule has 5 N–H and O–H groups in total. The van der Waals surface area contributed by atoms with Crippen LogP contribution in [0.3, 0.4) is 0 Å². The number of carbonyl (C=O) groups is 1. The predicted octanol–water partition coefficient (Wildman–Crippen LogP) is 3.00. The Morgan fingerprint density at radius 2 is 1.62 bits per heavy atom. The molecule has 2 aliphatic rings. The Balaban J connectivity index is 1.66. The first kappa shape index (κ1) is 21.7. The van der Waals surface area contributed by atoms with E-state index in [4.69, 9.17) is 14.2 Å². The van der Waals surface area contributed by atoms with Gasteiger partial charge in [0.2, 0.25) is 0 Å². The molecule has 3 aromatic rings. The zero-order valence-electron chi connectivity index (χ0n) is 18.1. The van der Waals surface area contributed by atoms with Crippen molar-refractivity contribution < 1.29 is 44.5 Å². The lowest BCUT2D eigenvalue weighted by Crippen LogP contribution is -2.32. The molecule has 0 aliphatic carbocycles. The third kappa shape index (κ3) is 3.50. The van der Waals surface area contributed by atoms with Crippen LogP contribution in [0.2, 0.25) is 0 Å². The second kappa shape index (κ2) is 8.03. The van der Waals surface area contributed by atoms with E-state index in [-0.39, 0.29) is 53.1 Å². The molecule has 176 valence electrons. The molecule has 9 heteroatoms. The van der Waals surface area contributed by atoms with Crippen LogP contribution < -0.4 is 14.2 Å². The van der Waals surface area contributed by atoms with Crippen LogP contribution in [0.4, 0.5) is 0 Å². The van der Waals surface area contributed by atoms with E-state index in [2.05, 4.69) is 0 Å². The lowest BCUT2D eigenvalue weighted by molar-refractivity contribution is -0.135. The standard InChI is InChI=1S/C25H22O9/c1-32-20-7-11(2-5-16(20)27)13-9-22(31)33-21-10-17(28)14-8-19(30)24(34-25(14)23(13)21)12-3-4-15(26)18(29)6-12/h2-7,10,13,19,24,26-30H,8-9H2,1H3/t13-,19-,24-/m1/s1. The fourth-order valence-corrected chi connectivity index (χ4v) is 4.58. The Morgan fingerprint density at radius 1 is 0.882 bits per heavy atom. The first-order chi connectivity index (χ1) is 16.3. The van der Waals surface area contributed by atoms with Crippen molar-refractivity contribution in [3.05, 3.63) is 64.7 Å². The molecule has 3 aromatic carbocycles. The van der Waals surface area contributed by atoms with E-state index < -0.39 is 24.1 Å². The van der Waals surface area contributed by atoms with Gasteiger partial charge in [0.15, 0.2) is 23.0 Å². The van der Waals surface area contributed by atoms with Crippen molar-refractivity contribution in [2.75, 3.05) is 7.11 Å². The smallest absolute Gasteiger partial charge is 0.312 e. The summed E-state index contributed by atoms with van der Waals surface area (Å²) in [7, 11) is 1.42. The van der Waals surface area contributed by atoms with Gasteiger partial charge in [0.05, 0.1) is 19.6 Å². The lowest BCUT2D eigenvalue weighted by Gasteiger charge is -2.36. The van der Waals surface area contributed by atoms with Gasteiger partial charge in [-0.3, -0.25) is 4.79 Å². The molecular weight excluding hydrogens is 444 g/mol. The van der Waals surface area contributed by atoms with Crippen molar-refractivity contribution in [1.82, 2.24) is 0 Å². The molecule has 34 heavy (non-hydrogen) atoms. The number of rotatable bonds is 3. The van der Waals surface area contributed by atoms with Crippen molar-refractivity contribution in [1.29, 1.82) is 0 Å². The van der Waals surface area contributed by atoms with E-state index in [0.29, 0.717) is 22.3 Å². The number of hydrogen-bond acceptors (Lipinski definition) is 9. The van der Waals surface area contributed by atoms with Gasteiger partial charge in [-0.05, 0) is 35.4 Å². The quantitative estimate of drug-likeness (QED) is 0.223. The summed E-state index contributed by atoms with van der Waals surface area (Å²) < 4.78 is 16.8. The number of esters is 1. The number of ether oxygens (including phenoxy) is 3. The van der Waals surface area contributed by atoms with Gasteiger partial charge in [-0.25, -0.2) is 0 Å². The molecular formula is C25H22O9. The summed E-state index contributed by atoms with van der Waals surface area (Å²) in [5, 5.41) is 51.0. The number of aliphatic hydroxyl groups is 1. The summed E-state index contributed by atoms with van der Waals surface area (Å²) in [6, 6.07) is 10.2. The summed E-state index contributed by atoms with van der Waals surface area (Å²) in [5.41, 5.74) is 1.95. The van der Waals surface area contributed by atoms with Crippen LogP contribution in [-0.4, -0.2) is 44.7 Å². The first-order valence-electron chi connectivity index (χ1n) is 10.6. The van der Waals surface area contributed by atoms with Crippen molar-refractivity contribution in [3.63, 3.8) is 0 Å². The molecule has 0 spiro atoms. The highest BCUT2D eigenvalue weighted by Gasteiger charge is 2.40. The molecule has 0 amide bonds. The van der Waals surface area contributed by atoms with Crippen LogP contribution >= 0.6 is 0 Å². The predicted molar refractivity (Wildman–Crippen MR) is 118 cm³/mol. The third-order valence-corrected chi connectivity index (χ3v) is 6.25. The Hall–Kier alpha value is -4.11. The minimum Gasteiger partial charge on any atom is -0.507 e. The number of benzene rings is 3.